The van der Waals surface area contributed by atoms with Gasteiger partial charge in [-0.25, -0.2) is 8.42 Å². The molecule has 0 saturated heterocycles. The number of aliphatic hydroxyl groups is 1. The summed E-state index contributed by atoms with van der Waals surface area (Å²) in [5.74, 6) is 5.02. The van der Waals surface area contributed by atoms with Gasteiger partial charge in [0, 0.05) is 25.6 Å². The van der Waals surface area contributed by atoms with Gasteiger partial charge in [-0.3, -0.25) is 0 Å². The Labute approximate surface area is 133 Å². The maximum Gasteiger partial charge on any atom is 0.245 e. The zero-order valence-corrected chi connectivity index (χ0v) is 13.4. The predicted octanol–water partition coefficient (Wildman–Crippen LogP) is 1.87. The smallest absolute Gasteiger partial charge is 0.245 e. The average molecular weight is 347 g/mol. The summed E-state index contributed by atoms with van der Waals surface area (Å²) in [5.41, 5.74) is 0.401. The highest BCUT2D eigenvalue weighted by molar-refractivity contribution is 7.89. The standard InChI is InChI=1S/C13H12Cl2N2O3S/c1-17(6-3-5-16)21(19,20)13-11(14)8-10(4-2-7-18)9-12(13)15/h8-9,18H,3,6-7H2,1H3. The molecule has 5 nitrogen and oxygen atoms in total. The van der Waals surface area contributed by atoms with Crippen LogP contribution in [0.4, 0.5) is 0 Å². The molecule has 1 rings (SSSR count). The summed E-state index contributed by atoms with van der Waals surface area (Å²) in [5, 5.41) is 17.0. The van der Waals surface area contributed by atoms with Crippen molar-refractivity contribution in [1.29, 1.82) is 5.26 Å². The molecule has 0 heterocycles. The molecule has 0 unspecified atom stereocenters. The topological polar surface area (TPSA) is 81.4 Å². The molecule has 0 amide bonds. The monoisotopic (exact) mass is 346 g/mol. The lowest BCUT2D eigenvalue weighted by atomic mass is 10.2. The molecule has 0 atom stereocenters. The molecule has 8 heteroatoms. The van der Waals surface area contributed by atoms with Crippen LogP contribution in [-0.2, 0) is 10.0 Å². The van der Waals surface area contributed by atoms with E-state index in [4.69, 9.17) is 33.6 Å². The summed E-state index contributed by atoms with van der Waals surface area (Å²) >= 11 is 12.0. The van der Waals surface area contributed by atoms with E-state index in [1.807, 2.05) is 6.07 Å². The third-order valence-corrected chi connectivity index (χ3v) is 5.30. The molecule has 0 bridgehead atoms. The minimum absolute atomic E-state index is 0.0392. The molecule has 112 valence electrons. The second-order valence-corrected chi connectivity index (χ2v) is 6.76. The third-order valence-electron chi connectivity index (χ3n) is 2.52. The lowest BCUT2D eigenvalue weighted by Gasteiger charge is -2.17. The van der Waals surface area contributed by atoms with E-state index in [0.717, 1.165) is 4.31 Å². The van der Waals surface area contributed by atoms with Gasteiger partial charge in [0.05, 0.1) is 16.1 Å². The Morgan fingerprint density at radius 2 is 1.90 bits per heavy atom. The highest BCUT2D eigenvalue weighted by atomic mass is 35.5. The molecule has 0 radical (unpaired) electrons. The van der Waals surface area contributed by atoms with Crippen molar-refractivity contribution in [2.24, 2.45) is 0 Å². The lowest BCUT2D eigenvalue weighted by Crippen LogP contribution is -2.28. The molecule has 0 saturated carbocycles. The van der Waals surface area contributed by atoms with Gasteiger partial charge in [0.25, 0.3) is 0 Å². The summed E-state index contributed by atoms with van der Waals surface area (Å²) in [6, 6.07) is 4.59. The molecule has 0 spiro atoms. The maximum absolute atomic E-state index is 12.4. The van der Waals surface area contributed by atoms with Crippen molar-refractivity contribution in [1.82, 2.24) is 4.31 Å². The summed E-state index contributed by atoms with van der Waals surface area (Å²) in [4.78, 5) is -0.221. The normalized spacial score (nSPS) is 10.9. The first kappa shape index (κ1) is 17.8. The number of aliphatic hydroxyl groups excluding tert-OH is 1. The first-order valence-electron chi connectivity index (χ1n) is 5.76. The van der Waals surface area contributed by atoms with Crippen LogP contribution in [0, 0.1) is 23.2 Å². The number of hydrogen-bond acceptors (Lipinski definition) is 4. The van der Waals surface area contributed by atoms with Crippen LogP contribution in [0.5, 0.6) is 0 Å². The Balaban J connectivity index is 3.28. The zero-order chi connectivity index (χ0) is 16.0. The second-order valence-electron chi connectivity index (χ2n) is 3.96. The van der Waals surface area contributed by atoms with Crippen molar-refractivity contribution < 1.29 is 13.5 Å². The van der Waals surface area contributed by atoms with Gasteiger partial charge >= 0.3 is 0 Å². The van der Waals surface area contributed by atoms with Crippen LogP contribution in [0.2, 0.25) is 10.0 Å². The molecule has 21 heavy (non-hydrogen) atoms. The number of hydrogen-bond donors (Lipinski definition) is 1. The minimum Gasteiger partial charge on any atom is -0.384 e. The average Bonchev–Trinajstić information content (AvgIpc) is 2.41. The van der Waals surface area contributed by atoms with Gasteiger partial charge in [-0.2, -0.15) is 9.57 Å². The third kappa shape index (κ3) is 4.34. The SMILES string of the molecule is CN(CCC#N)S(=O)(=O)c1c(Cl)cc(C#CCO)cc1Cl. The Morgan fingerprint density at radius 3 is 2.38 bits per heavy atom. The molecule has 1 N–H and O–H groups in total. The van der Waals surface area contributed by atoms with E-state index >= 15 is 0 Å². The highest BCUT2D eigenvalue weighted by Gasteiger charge is 2.26. The Hall–Kier alpha value is -1.28. The van der Waals surface area contributed by atoms with Gasteiger partial charge in [0.15, 0.2) is 0 Å². The van der Waals surface area contributed by atoms with Gasteiger partial charge < -0.3 is 5.11 Å². The van der Waals surface area contributed by atoms with Crippen LogP contribution in [0.1, 0.15) is 12.0 Å². The van der Waals surface area contributed by atoms with Crippen LogP contribution < -0.4 is 0 Å². The van der Waals surface area contributed by atoms with Crippen LogP contribution in [0.15, 0.2) is 17.0 Å². The van der Waals surface area contributed by atoms with E-state index in [1.165, 1.54) is 19.2 Å². The Kier molecular flexibility index (Phi) is 6.47. The Morgan fingerprint density at radius 1 is 1.33 bits per heavy atom. The molecule has 0 fully saturated rings. The fourth-order valence-corrected chi connectivity index (χ4v) is 3.83. The summed E-state index contributed by atoms with van der Waals surface area (Å²) < 4.78 is 25.8. The van der Waals surface area contributed by atoms with Crippen molar-refractivity contribution in [2.75, 3.05) is 20.2 Å². The number of sulfonamides is 1. The van der Waals surface area contributed by atoms with E-state index in [2.05, 4.69) is 11.8 Å². The summed E-state index contributed by atoms with van der Waals surface area (Å²) in [6.45, 7) is -0.288. The molecule has 1 aromatic carbocycles. The Bertz CT molecular complexity index is 707. The van der Waals surface area contributed by atoms with Crippen LogP contribution in [0.25, 0.3) is 0 Å². The molecule has 1 aromatic rings. The number of nitriles is 1. The highest BCUT2D eigenvalue weighted by Crippen LogP contribution is 2.32. The van der Waals surface area contributed by atoms with Gasteiger partial charge in [-0.15, -0.1) is 0 Å². The second kappa shape index (κ2) is 7.65. The molecule has 0 aliphatic heterocycles. The molecule has 0 aliphatic rings. The van der Waals surface area contributed by atoms with Crippen LogP contribution in [0.3, 0.4) is 0 Å². The fraction of sp³-hybridized carbons (Fsp3) is 0.308. The predicted molar refractivity (Wildman–Crippen MR) is 80.5 cm³/mol. The molecule has 0 aromatic heterocycles. The van der Waals surface area contributed by atoms with Crippen molar-refractivity contribution in [3.63, 3.8) is 0 Å². The zero-order valence-electron chi connectivity index (χ0n) is 11.1. The maximum atomic E-state index is 12.4. The number of nitrogens with zero attached hydrogens (tertiary/aromatic N) is 2. The lowest BCUT2D eigenvalue weighted by molar-refractivity contribution is 0.350. The first-order chi connectivity index (χ1) is 9.84. The van der Waals surface area contributed by atoms with E-state index < -0.39 is 10.0 Å². The molecular formula is C13H12Cl2N2O3S. The van der Waals surface area contributed by atoms with Crippen molar-refractivity contribution in [2.45, 2.75) is 11.3 Å². The number of halogens is 2. The van der Waals surface area contributed by atoms with Gasteiger partial charge in [-0.1, -0.05) is 35.0 Å². The summed E-state index contributed by atoms with van der Waals surface area (Å²) in [7, 11) is -2.54. The van der Waals surface area contributed by atoms with Crippen molar-refractivity contribution >= 4 is 33.2 Å². The number of rotatable bonds is 4. The molecule has 0 aliphatic carbocycles. The minimum atomic E-state index is -3.89. The van der Waals surface area contributed by atoms with E-state index in [1.54, 1.807) is 0 Å². The van der Waals surface area contributed by atoms with Crippen LogP contribution >= 0.6 is 23.2 Å². The van der Waals surface area contributed by atoms with Crippen molar-refractivity contribution in [3.05, 3.63) is 27.7 Å². The largest absolute Gasteiger partial charge is 0.384 e. The van der Waals surface area contributed by atoms with Gasteiger partial charge in [0.1, 0.15) is 11.5 Å². The van der Waals surface area contributed by atoms with E-state index in [9.17, 15) is 8.42 Å². The van der Waals surface area contributed by atoms with E-state index in [-0.39, 0.29) is 34.5 Å². The van der Waals surface area contributed by atoms with Crippen molar-refractivity contribution in [3.8, 4) is 17.9 Å². The van der Waals surface area contributed by atoms with Gasteiger partial charge in [-0.05, 0) is 12.1 Å². The van der Waals surface area contributed by atoms with Crippen LogP contribution in [-0.4, -0.2) is 38.0 Å². The quantitative estimate of drug-likeness (QED) is 0.843. The summed E-state index contributed by atoms with van der Waals surface area (Å²) in [6.07, 6.45) is 0.0605. The first-order valence-corrected chi connectivity index (χ1v) is 7.96. The van der Waals surface area contributed by atoms with Gasteiger partial charge in [0.2, 0.25) is 10.0 Å². The van der Waals surface area contributed by atoms with E-state index in [0.29, 0.717) is 5.56 Å². The number of benzene rings is 1. The fourth-order valence-electron chi connectivity index (χ4n) is 1.50. The molecular weight excluding hydrogens is 335 g/mol.